The quantitative estimate of drug-likeness (QED) is 0.597. The second-order valence-corrected chi connectivity index (χ2v) is 6.03. The summed E-state index contributed by atoms with van der Waals surface area (Å²) in [5.74, 6) is 0. The van der Waals surface area contributed by atoms with E-state index in [9.17, 15) is 0 Å². The SMILES string of the molecule is CCCCCC(Nc1ccc(Br)cc1)c1ccccc1. The van der Waals surface area contributed by atoms with Crippen molar-refractivity contribution in [3.8, 4) is 0 Å². The molecule has 2 rings (SSSR count). The number of rotatable bonds is 7. The van der Waals surface area contributed by atoms with Crippen molar-refractivity contribution < 1.29 is 0 Å². The molecular weight excluding hydrogens is 310 g/mol. The Hall–Kier alpha value is -1.28. The van der Waals surface area contributed by atoms with E-state index in [0.717, 1.165) is 4.47 Å². The van der Waals surface area contributed by atoms with E-state index in [2.05, 4.69) is 82.8 Å². The van der Waals surface area contributed by atoms with Crippen LogP contribution in [0.25, 0.3) is 0 Å². The van der Waals surface area contributed by atoms with Crippen molar-refractivity contribution in [1.29, 1.82) is 0 Å². The summed E-state index contributed by atoms with van der Waals surface area (Å²) in [6, 6.07) is 19.5. The monoisotopic (exact) mass is 331 g/mol. The van der Waals surface area contributed by atoms with Crippen LogP contribution < -0.4 is 5.32 Å². The maximum Gasteiger partial charge on any atom is 0.0513 e. The van der Waals surface area contributed by atoms with Crippen molar-refractivity contribution >= 4 is 21.6 Å². The van der Waals surface area contributed by atoms with Gasteiger partial charge in [-0.15, -0.1) is 0 Å². The van der Waals surface area contributed by atoms with Gasteiger partial charge in [0.05, 0.1) is 6.04 Å². The Morgan fingerprint density at radius 2 is 1.65 bits per heavy atom. The molecule has 0 amide bonds. The summed E-state index contributed by atoms with van der Waals surface area (Å²) in [6.07, 6.45) is 5.00. The van der Waals surface area contributed by atoms with Gasteiger partial charge in [0.2, 0.25) is 0 Å². The summed E-state index contributed by atoms with van der Waals surface area (Å²) in [7, 11) is 0. The Morgan fingerprint density at radius 1 is 0.950 bits per heavy atom. The first-order valence-electron chi connectivity index (χ1n) is 7.36. The molecule has 20 heavy (non-hydrogen) atoms. The van der Waals surface area contributed by atoms with Crippen LogP contribution in [0.2, 0.25) is 0 Å². The van der Waals surface area contributed by atoms with Crippen LogP contribution in [0.15, 0.2) is 59.1 Å². The van der Waals surface area contributed by atoms with E-state index in [4.69, 9.17) is 0 Å². The van der Waals surface area contributed by atoms with Crippen molar-refractivity contribution in [3.05, 3.63) is 64.6 Å². The lowest BCUT2D eigenvalue weighted by Crippen LogP contribution is -2.10. The number of anilines is 1. The molecule has 0 aliphatic heterocycles. The summed E-state index contributed by atoms with van der Waals surface area (Å²) in [5.41, 5.74) is 2.55. The van der Waals surface area contributed by atoms with Gasteiger partial charge in [-0.25, -0.2) is 0 Å². The average Bonchev–Trinajstić information content (AvgIpc) is 2.49. The highest BCUT2D eigenvalue weighted by Gasteiger charge is 2.10. The van der Waals surface area contributed by atoms with Crippen LogP contribution in [0.4, 0.5) is 5.69 Å². The highest BCUT2D eigenvalue weighted by atomic mass is 79.9. The zero-order valence-corrected chi connectivity index (χ0v) is 13.6. The molecule has 2 aromatic carbocycles. The summed E-state index contributed by atoms with van der Waals surface area (Å²) in [4.78, 5) is 0. The maximum atomic E-state index is 3.66. The molecule has 1 nitrogen and oxygen atoms in total. The molecule has 0 saturated heterocycles. The van der Waals surface area contributed by atoms with Crippen molar-refractivity contribution in [3.63, 3.8) is 0 Å². The van der Waals surface area contributed by atoms with E-state index in [1.807, 2.05) is 0 Å². The first-order chi connectivity index (χ1) is 9.79. The molecule has 0 heterocycles. The molecule has 0 radical (unpaired) electrons. The topological polar surface area (TPSA) is 12.0 Å². The second-order valence-electron chi connectivity index (χ2n) is 5.11. The lowest BCUT2D eigenvalue weighted by atomic mass is 10.00. The normalized spacial score (nSPS) is 12.1. The van der Waals surface area contributed by atoms with E-state index in [0.29, 0.717) is 6.04 Å². The Labute approximate surface area is 130 Å². The number of benzene rings is 2. The van der Waals surface area contributed by atoms with Gasteiger partial charge in [-0.3, -0.25) is 0 Å². The molecule has 0 aromatic heterocycles. The molecule has 2 aromatic rings. The van der Waals surface area contributed by atoms with Crippen molar-refractivity contribution in [1.82, 2.24) is 0 Å². The Kier molecular flexibility index (Phi) is 6.13. The van der Waals surface area contributed by atoms with Crippen LogP contribution in [-0.4, -0.2) is 0 Å². The molecule has 1 unspecified atom stereocenters. The highest BCUT2D eigenvalue weighted by molar-refractivity contribution is 9.10. The van der Waals surface area contributed by atoms with Gasteiger partial charge in [-0.1, -0.05) is 72.4 Å². The molecular formula is C18H22BrN. The molecule has 1 N–H and O–H groups in total. The van der Waals surface area contributed by atoms with Crippen LogP contribution in [0.5, 0.6) is 0 Å². The average molecular weight is 332 g/mol. The molecule has 106 valence electrons. The minimum Gasteiger partial charge on any atom is -0.378 e. The third kappa shape index (κ3) is 4.68. The van der Waals surface area contributed by atoms with Crippen molar-refractivity contribution in [2.75, 3.05) is 5.32 Å². The number of halogens is 1. The van der Waals surface area contributed by atoms with Gasteiger partial charge in [-0.2, -0.15) is 0 Å². The molecule has 2 heteroatoms. The van der Waals surface area contributed by atoms with Gasteiger partial charge in [0.25, 0.3) is 0 Å². The van der Waals surface area contributed by atoms with Crippen molar-refractivity contribution in [2.45, 2.75) is 38.6 Å². The first-order valence-corrected chi connectivity index (χ1v) is 8.16. The number of hydrogen-bond donors (Lipinski definition) is 1. The van der Waals surface area contributed by atoms with Gasteiger partial charge in [0, 0.05) is 10.2 Å². The predicted molar refractivity (Wildman–Crippen MR) is 91.1 cm³/mol. The van der Waals surface area contributed by atoms with E-state index < -0.39 is 0 Å². The van der Waals surface area contributed by atoms with Crippen LogP contribution in [0, 0.1) is 0 Å². The third-order valence-electron chi connectivity index (χ3n) is 3.48. The molecule has 1 atom stereocenters. The minimum absolute atomic E-state index is 0.393. The minimum atomic E-state index is 0.393. The fourth-order valence-electron chi connectivity index (χ4n) is 2.35. The predicted octanol–water partition coefficient (Wildman–Crippen LogP) is 6.18. The number of hydrogen-bond acceptors (Lipinski definition) is 1. The fraction of sp³-hybridized carbons (Fsp3) is 0.333. The van der Waals surface area contributed by atoms with Gasteiger partial charge in [0.1, 0.15) is 0 Å². The van der Waals surface area contributed by atoms with E-state index in [1.54, 1.807) is 0 Å². The Balaban J connectivity index is 2.07. The zero-order chi connectivity index (χ0) is 14.2. The third-order valence-corrected chi connectivity index (χ3v) is 4.01. The second kappa shape index (κ2) is 8.11. The lowest BCUT2D eigenvalue weighted by molar-refractivity contribution is 0.606. The largest absolute Gasteiger partial charge is 0.378 e. The molecule has 0 spiro atoms. The summed E-state index contributed by atoms with van der Waals surface area (Å²) in [5, 5.41) is 3.66. The lowest BCUT2D eigenvalue weighted by Gasteiger charge is -2.20. The number of nitrogens with one attached hydrogen (secondary N) is 1. The summed E-state index contributed by atoms with van der Waals surface area (Å²) < 4.78 is 1.12. The van der Waals surface area contributed by atoms with Gasteiger partial charge in [0.15, 0.2) is 0 Å². The van der Waals surface area contributed by atoms with Gasteiger partial charge in [-0.05, 0) is 36.2 Å². The Bertz CT molecular complexity index is 493. The van der Waals surface area contributed by atoms with Crippen LogP contribution in [0.3, 0.4) is 0 Å². The zero-order valence-electron chi connectivity index (χ0n) is 12.0. The summed E-state index contributed by atoms with van der Waals surface area (Å²) in [6.45, 7) is 2.25. The summed E-state index contributed by atoms with van der Waals surface area (Å²) >= 11 is 3.48. The molecule has 0 bridgehead atoms. The smallest absolute Gasteiger partial charge is 0.0513 e. The van der Waals surface area contributed by atoms with Crippen LogP contribution in [0.1, 0.15) is 44.2 Å². The first kappa shape index (κ1) is 15.1. The van der Waals surface area contributed by atoms with Crippen LogP contribution >= 0.6 is 15.9 Å². The molecule has 0 saturated carbocycles. The van der Waals surface area contributed by atoms with E-state index in [1.165, 1.54) is 36.9 Å². The van der Waals surface area contributed by atoms with Crippen molar-refractivity contribution in [2.24, 2.45) is 0 Å². The van der Waals surface area contributed by atoms with E-state index >= 15 is 0 Å². The molecule has 0 fully saturated rings. The van der Waals surface area contributed by atoms with Gasteiger partial charge < -0.3 is 5.32 Å². The standard InChI is InChI=1S/C18H22BrN/c1-2-3-5-10-18(15-8-6-4-7-9-15)20-17-13-11-16(19)12-14-17/h4,6-9,11-14,18,20H,2-3,5,10H2,1H3. The molecule has 0 aliphatic rings. The maximum absolute atomic E-state index is 3.66. The molecule has 0 aliphatic carbocycles. The fourth-order valence-corrected chi connectivity index (χ4v) is 2.62. The van der Waals surface area contributed by atoms with Crippen LogP contribution in [-0.2, 0) is 0 Å². The highest BCUT2D eigenvalue weighted by Crippen LogP contribution is 2.25. The Morgan fingerprint density at radius 3 is 2.30 bits per heavy atom. The number of unbranched alkanes of at least 4 members (excludes halogenated alkanes) is 2. The van der Waals surface area contributed by atoms with Gasteiger partial charge >= 0.3 is 0 Å². The van der Waals surface area contributed by atoms with E-state index in [-0.39, 0.29) is 0 Å².